The maximum absolute atomic E-state index is 12.9. The fourth-order valence-electron chi connectivity index (χ4n) is 3.53. The number of nitrogens with zero attached hydrogens (tertiary/aromatic N) is 3. The van der Waals surface area contributed by atoms with Crippen LogP contribution in [0.1, 0.15) is 21.6 Å². The topological polar surface area (TPSA) is 133 Å². The monoisotopic (exact) mass is 472 g/mol. The van der Waals surface area contributed by atoms with Gasteiger partial charge in [-0.05, 0) is 30.2 Å². The Morgan fingerprint density at radius 2 is 1.71 bits per heavy atom. The number of carbonyl (C=O) groups is 2. The number of fused-ring (bicyclic) bond motifs is 1. The molecule has 1 heterocycles. The van der Waals surface area contributed by atoms with Crippen LogP contribution in [-0.2, 0) is 16.1 Å². The van der Waals surface area contributed by atoms with Crippen molar-refractivity contribution in [3.63, 3.8) is 0 Å². The second-order valence-corrected chi connectivity index (χ2v) is 7.74. The number of nitro groups is 1. The van der Waals surface area contributed by atoms with E-state index < -0.39 is 23.4 Å². The second-order valence-electron chi connectivity index (χ2n) is 7.74. The van der Waals surface area contributed by atoms with Crippen molar-refractivity contribution in [1.82, 2.24) is 9.78 Å². The quantitative estimate of drug-likeness (QED) is 0.247. The fraction of sp³-hybridized carbons (Fsp3) is 0.120. The molecule has 35 heavy (non-hydrogen) atoms. The first-order valence-corrected chi connectivity index (χ1v) is 10.6. The lowest BCUT2D eigenvalue weighted by Crippen LogP contribution is -2.28. The standard InChI is InChI=1S/C25H20N4O6/c1-16-11-12-20(21(13-16)29(33)34)26-22(30)15-35-25(32)23-18-9-5-6-10-19(18)24(31)28(27-23)14-17-7-3-2-4-8-17/h2-13H,14-15H2,1H3,(H,26,30). The Kier molecular flexibility index (Phi) is 6.63. The molecule has 0 radical (unpaired) electrons. The van der Waals surface area contributed by atoms with Crippen molar-refractivity contribution in [2.75, 3.05) is 11.9 Å². The van der Waals surface area contributed by atoms with Crippen molar-refractivity contribution >= 4 is 34.0 Å². The number of hydrogen-bond donors (Lipinski definition) is 1. The van der Waals surface area contributed by atoms with Gasteiger partial charge in [0, 0.05) is 11.5 Å². The van der Waals surface area contributed by atoms with Gasteiger partial charge in [-0.2, -0.15) is 5.10 Å². The normalized spacial score (nSPS) is 10.7. The molecule has 0 unspecified atom stereocenters. The van der Waals surface area contributed by atoms with Gasteiger partial charge < -0.3 is 10.1 Å². The van der Waals surface area contributed by atoms with Crippen LogP contribution in [0, 0.1) is 17.0 Å². The van der Waals surface area contributed by atoms with Crippen molar-refractivity contribution in [2.45, 2.75) is 13.5 Å². The van der Waals surface area contributed by atoms with E-state index in [0.29, 0.717) is 10.9 Å². The molecule has 1 amide bonds. The van der Waals surface area contributed by atoms with Crippen molar-refractivity contribution < 1.29 is 19.2 Å². The Morgan fingerprint density at radius 1 is 1.03 bits per heavy atom. The number of aromatic nitrogens is 2. The fourth-order valence-corrected chi connectivity index (χ4v) is 3.53. The number of benzene rings is 3. The summed E-state index contributed by atoms with van der Waals surface area (Å²) in [7, 11) is 0. The van der Waals surface area contributed by atoms with E-state index in [-0.39, 0.29) is 34.6 Å². The van der Waals surface area contributed by atoms with E-state index in [1.807, 2.05) is 30.3 Å². The van der Waals surface area contributed by atoms with Crippen LogP contribution in [0.5, 0.6) is 0 Å². The van der Waals surface area contributed by atoms with Gasteiger partial charge in [0.2, 0.25) is 0 Å². The van der Waals surface area contributed by atoms with Crippen LogP contribution in [0.4, 0.5) is 11.4 Å². The summed E-state index contributed by atoms with van der Waals surface area (Å²) in [4.78, 5) is 48.8. The summed E-state index contributed by atoms with van der Waals surface area (Å²) in [5.74, 6) is -1.66. The van der Waals surface area contributed by atoms with E-state index in [9.17, 15) is 24.5 Å². The lowest BCUT2D eigenvalue weighted by molar-refractivity contribution is -0.384. The van der Waals surface area contributed by atoms with Gasteiger partial charge in [-0.1, -0.05) is 54.6 Å². The summed E-state index contributed by atoms with van der Waals surface area (Å²) in [5.41, 5.74) is 0.697. The number of hydrogen-bond acceptors (Lipinski definition) is 7. The van der Waals surface area contributed by atoms with Gasteiger partial charge in [-0.3, -0.25) is 19.7 Å². The number of anilines is 1. The van der Waals surface area contributed by atoms with Gasteiger partial charge in [0.25, 0.3) is 17.2 Å². The number of amides is 1. The zero-order valence-electron chi connectivity index (χ0n) is 18.6. The predicted octanol–water partition coefficient (Wildman–Crippen LogP) is 3.46. The van der Waals surface area contributed by atoms with Crippen LogP contribution < -0.4 is 10.9 Å². The summed E-state index contributed by atoms with van der Waals surface area (Å²) in [6, 6.07) is 20.0. The highest BCUT2D eigenvalue weighted by Crippen LogP contribution is 2.25. The van der Waals surface area contributed by atoms with Gasteiger partial charge in [0.05, 0.1) is 16.9 Å². The molecule has 0 saturated carbocycles. The molecule has 10 heteroatoms. The molecular weight excluding hydrogens is 452 g/mol. The number of nitro benzene ring substituents is 1. The Morgan fingerprint density at radius 3 is 2.43 bits per heavy atom. The van der Waals surface area contributed by atoms with Crippen LogP contribution in [0.15, 0.2) is 77.6 Å². The molecular formula is C25H20N4O6. The number of aryl methyl sites for hydroxylation is 1. The van der Waals surface area contributed by atoms with E-state index in [0.717, 1.165) is 5.56 Å². The molecule has 1 aromatic heterocycles. The Balaban J connectivity index is 1.56. The van der Waals surface area contributed by atoms with E-state index in [4.69, 9.17) is 4.74 Å². The minimum absolute atomic E-state index is 0.0124. The van der Waals surface area contributed by atoms with Gasteiger partial charge in [-0.15, -0.1) is 0 Å². The Labute approximate surface area is 198 Å². The van der Waals surface area contributed by atoms with Crippen LogP contribution in [0.3, 0.4) is 0 Å². The number of esters is 1. The van der Waals surface area contributed by atoms with Crippen molar-refractivity contribution in [1.29, 1.82) is 0 Å². The van der Waals surface area contributed by atoms with E-state index in [1.165, 1.54) is 16.8 Å². The second kappa shape index (κ2) is 9.96. The summed E-state index contributed by atoms with van der Waals surface area (Å²) >= 11 is 0. The Hall–Kier alpha value is -4.86. The minimum atomic E-state index is -0.906. The number of nitrogens with one attached hydrogen (secondary N) is 1. The van der Waals surface area contributed by atoms with Crippen LogP contribution in [0.25, 0.3) is 10.8 Å². The smallest absolute Gasteiger partial charge is 0.359 e. The molecule has 3 aromatic carbocycles. The number of rotatable bonds is 7. The van der Waals surface area contributed by atoms with Crippen molar-refractivity contribution in [3.8, 4) is 0 Å². The summed E-state index contributed by atoms with van der Waals surface area (Å²) in [5, 5.41) is 18.4. The molecule has 0 fully saturated rings. The third kappa shape index (κ3) is 5.22. The molecule has 0 aliphatic carbocycles. The maximum atomic E-state index is 12.9. The van der Waals surface area contributed by atoms with Crippen LogP contribution >= 0.6 is 0 Å². The molecule has 0 atom stereocenters. The lowest BCUT2D eigenvalue weighted by atomic mass is 10.1. The first-order chi connectivity index (χ1) is 16.8. The highest BCUT2D eigenvalue weighted by molar-refractivity contribution is 6.03. The van der Waals surface area contributed by atoms with Crippen LogP contribution in [-0.4, -0.2) is 33.2 Å². The van der Waals surface area contributed by atoms with Gasteiger partial charge in [-0.25, -0.2) is 9.48 Å². The molecule has 0 aliphatic heterocycles. The molecule has 1 N–H and O–H groups in total. The zero-order chi connectivity index (χ0) is 24.9. The highest BCUT2D eigenvalue weighted by Gasteiger charge is 2.21. The van der Waals surface area contributed by atoms with Crippen LogP contribution in [0.2, 0.25) is 0 Å². The van der Waals surface area contributed by atoms with E-state index in [1.54, 1.807) is 37.3 Å². The SMILES string of the molecule is Cc1ccc(NC(=O)COC(=O)c2nn(Cc3ccccc3)c(=O)c3ccccc23)c([N+](=O)[O-])c1. The third-order valence-electron chi connectivity index (χ3n) is 5.19. The average molecular weight is 472 g/mol. The molecule has 10 nitrogen and oxygen atoms in total. The molecule has 0 spiro atoms. The van der Waals surface area contributed by atoms with Gasteiger partial charge in [0.15, 0.2) is 12.3 Å². The van der Waals surface area contributed by atoms with Crippen molar-refractivity contribution in [3.05, 3.63) is 110 Å². The first kappa shape index (κ1) is 23.3. The molecule has 4 aromatic rings. The summed E-state index contributed by atoms with van der Waals surface area (Å²) in [6.45, 7) is 1.13. The lowest BCUT2D eigenvalue weighted by Gasteiger charge is -2.11. The number of carbonyl (C=O) groups excluding carboxylic acids is 2. The summed E-state index contributed by atoms with van der Waals surface area (Å²) in [6.07, 6.45) is 0. The van der Waals surface area contributed by atoms with Gasteiger partial charge >= 0.3 is 5.97 Å². The third-order valence-corrected chi connectivity index (χ3v) is 5.19. The largest absolute Gasteiger partial charge is 0.451 e. The molecule has 0 aliphatic rings. The molecule has 176 valence electrons. The van der Waals surface area contributed by atoms with Gasteiger partial charge in [0.1, 0.15) is 5.69 Å². The molecule has 0 saturated heterocycles. The predicted molar refractivity (Wildman–Crippen MR) is 128 cm³/mol. The Bertz CT molecular complexity index is 1500. The van der Waals surface area contributed by atoms with E-state index in [2.05, 4.69) is 10.4 Å². The van der Waals surface area contributed by atoms with E-state index >= 15 is 0 Å². The minimum Gasteiger partial charge on any atom is -0.451 e. The highest BCUT2D eigenvalue weighted by atomic mass is 16.6. The molecule has 0 bridgehead atoms. The summed E-state index contributed by atoms with van der Waals surface area (Å²) < 4.78 is 6.31. The average Bonchev–Trinajstić information content (AvgIpc) is 2.86. The van der Waals surface area contributed by atoms with Crippen molar-refractivity contribution in [2.24, 2.45) is 0 Å². The number of ether oxygens (including phenoxy) is 1. The first-order valence-electron chi connectivity index (χ1n) is 10.6. The molecule has 4 rings (SSSR count). The maximum Gasteiger partial charge on any atom is 0.359 e. The zero-order valence-corrected chi connectivity index (χ0v) is 18.6.